The Hall–Kier alpha value is -4.00. The number of hydrogen-bond donors (Lipinski definition) is 0. The Balaban J connectivity index is 1.77. The van der Waals surface area contributed by atoms with Gasteiger partial charge in [-0.2, -0.15) is 5.11 Å². The quantitative estimate of drug-likeness (QED) is 0.409. The third-order valence-corrected chi connectivity index (χ3v) is 4.15. The molecule has 2 aromatic carbocycles. The van der Waals surface area contributed by atoms with Gasteiger partial charge in [0, 0.05) is 23.5 Å². The highest BCUT2D eigenvalue weighted by molar-refractivity contribution is 5.74. The van der Waals surface area contributed by atoms with Gasteiger partial charge in [-0.15, -0.1) is 5.11 Å². The Labute approximate surface area is 166 Å². The van der Waals surface area contributed by atoms with Crippen LogP contribution in [0.3, 0.4) is 0 Å². The van der Waals surface area contributed by atoms with E-state index in [2.05, 4.69) is 25.2 Å². The van der Waals surface area contributed by atoms with E-state index in [0.29, 0.717) is 22.9 Å². The molecule has 0 aliphatic heterocycles. The molecule has 29 heavy (non-hydrogen) atoms. The molecule has 0 saturated carbocycles. The zero-order chi connectivity index (χ0) is 20.1. The molecule has 4 aromatic rings. The molecule has 0 N–H and O–H groups in total. The highest BCUT2D eigenvalue weighted by Gasteiger charge is 2.11. The van der Waals surface area contributed by atoms with E-state index in [1.807, 2.05) is 36.4 Å². The SMILES string of the molecule is COc1ccc(-c2nc(-c3cccnc3)ncc2N=Nc2ccc(F)cc2)cc1. The van der Waals surface area contributed by atoms with E-state index in [4.69, 9.17) is 4.74 Å². The molecule has 6 nitrogen and oxygen atoms in total. The first-order valence-corrected chi connectivity index (χ1v) is 8.82. The van der Waals surface area contributed by atoms with E-state index in [0.717, 1.165) is 16.9 Å². The van der Waals surface area contributed by atoms with Crippen LogP contribution in [0.25, 0.3) is 22.6 Å². The number of nitrogens with zero attached hydrogens (tertiary/aromatic N) is 5. The number of azo groups is 1. The Bertz CT molecular complexity index is 1130. The summed E-state index contributed by atoms with van der Waals surface area (Å²) in [5, 5.41) is 8.47. The molecule has 0 radical (unpaired) electrons. The van der Waals surface area contributed by atoms with E-state index < -0.39 is 0 Å². The molecule has 2 heterocycles. The molecule has 0 aliphatic carbocycles. The van der Waals surface area contributed by atoms with Gasteiger partial charge in [-0.3, -0.25) is 4.98 Å². The minimum Gasteiger partial charge on any atom is -0.497 e. The van der Waals surface area contributed by atoms with Crippen LogP contribution in [0.5, 0.6) is 5.75 Å². The van der Waals surface area contributed by atoms with E-state index in [1.165, 1.54) is 12.1 Å². The van der Waals surface area contributed by atoms with Crippen LogP contribution in [0.4, 0.5) is 15.8 Å². The minimum absolute atomic E-state index is 0.327. The first-order valence-electron chi connectivity index (χ1n) is 8.82. The second-order valence-corrected chi connectivity index (χ2v) is 6.07. The van der Waals surface area contributed by atoms with E-state index in [1.54, 1.807) is 37.8 Å². The van der Waals surface area contributed by atoms with Crippen molar-refractivity contribution in [2.75, 3.05) is 7.11 Å². The molecule has 2 aromatic heterocycles. The fraction of sp³-hybridized carbons (Fsp3) is 0.0455. The molecular formula is C22H16FN5O. The maximum atomic E-state index is 13.1. The number of hydrogen-bond acceptors (Lipinski definition) is 6. The second kappa shape index (κ2) is 8.35. The van der Waals surface area contributed by atoms with Crippen LogP contribution in [-0.4, -0.2) is 22.1 Å². The van der Waals surface area contributed by atoms with Gasteiger partial charge < -0.3 is 4.74 Å². The molecule has 0 fully saturated rings. The molecule has 0 spiro atoms. The number of methoxy groups -OCH3 is 1. The number of pyridine rings is 1. The van der Waals surface area contributed by atoms with Crippen LogP contribution < -0.4 is 4.74 Å². The predicted octanol–water partition coefficient (Wildman–Crippen LogP) is 5.77. The second-order valence-electron chi connectivity index (χ2n) is 6.07. The molecule has 4 rings (SSSR count). The normalized spacial score (nSPS) is 11.0. The smallest absolute Gasteiger partial charge is 0.161 e. The number of rotatable bonds is 5. The largest absolute Gasteiger partial charge is 0.497 e. The van der Waals surface area contributed by atoms with Crippen molar-refractivity contribution < 1.29 is 9.13 Å². The van der Waals surface area contributed by atoms with Crippen LogP contribution in [-0.2, 0) is 0 Å². The topological polar surface area (TPSA) is 72.6 Å². The maximum absolute atomic E-state index is 13.1. The summed E-state index contributed by atoms with van der Waals surface area (Å²) in [5.74, 6) is 0.946. The van der Waals surface area contributed by atoms with Gasteiger partial charge in [-0.05, 0) is 60.7 Å². The van der Waals surface area contributed by atoms with Crippen molar-refractivity contribution in [3.8, 4) is 28.4 Å². The zero-order valence-electron chi connectivity index (χ0n) is 15.5. The molecule has 0 aliphatic rings. The van der Waals surface area contributed by atoms with Crippen LogP contribution >= 0.6 is 0 Å². The van der Waals surface area contributed by atoms with E-state index in [-0.39, 0.29) is 5.82 Å². The number of halogens is 1. The summed E-state index contributed by atoms with van der Waals surface area (Å²) in [7, 11) is 1.61. The Kier molecular flexibility index (Phi) is 5.29. The van der Waals surface area contributed by atoms with Gasteiger partial charge in [-0.1, -0.05) is 0 Å². The first-order chi connectivity index (χ1) is 14.2. The lowest BCUT2D eigenvalue weighted by atomic mass is 10.1. The lowest BCUT2D eigenvalue weighted by molar-refractivity contribution is 0.415. The average molecular weight is 385 g/mol. The summed E-state index contributed by atoms with van der Waals surface area (Å²) in [5.41, 5.74) is 3.28. The predicted molar refractivity (Wildman–Crippen MR) is 108 cm³/mol. The maximum Gasteiger partial charge on any atom is 0.161 e. The number of ether oxygens (including phenoxy) is 1. The van der Waals surface area contributed by atoms with E-state index >= 15 is 0 Å². The van der Waals surface area contributed by atoms with Gasteiger partial charge in [0.2, 0.25) is 0 Å². The molecule has 142 valence electrons. The van der Waals surface area contributed by atoms with Crippen molar-refractivity contribution in [3.05, 3.63) is 85.1 Å². The summed E-state index contributed by atoms with van der Waals surface area (Å²) < 4.78 is 18.3. The first kappa shape index (κ1) is 18.4. The lowest BCUT2D eigenvalue weighted by Crippen LogP contribution is -1.93. The van der Waals surface area contributed by atoms with Gasteiger partial charge in [0.25, 0.3) is 0 Å². The highest BCUT2D eigenvalue weighted by Crippen LogP contribution is 2.32. The molecular weight excluding hydrogens is 369 g/mol. The van der Waals surface area contributed by atoms with Crippen LogP contribution in [0.15, 0.2) is 89.5 Å². The monoisotopic (exact) mass is 385 g/mol. The van der Waals surface area contributed by atoms with E-state index in [9.17, 15) is 4.39 Å². The van der Waals surface area contributed by atoms with Crippen molar-refractivity contribution in [3.63, 3.8) is 0 Å². The van der Waals surface area contributed by atoms with Gasteiger partial charge in [0.15, 0.2) is 5.82 Å². The minimum atomic E-state index is -0.327. The Morgan fingerprint density at radius 3 is 2.34 bits per heavy atom. The molecule has 0 atom stereocenters. The Morgan fingerprint density at radius 2 is 1.66 bits per heavy atom. The van der Waals surface area contributed by atoms with Crippen LogP contribution in [0.1, 0.15) is 0 Å². The third kappa shape index (κ3) is 4.30. The summed E-state index contributed by atoms with van der Waals surface area (Å²) in [6.07, 6.45) is 5.01. The summed E-state index contributed by atoms with van der Waals surface area (Å²) in [4.78, 5) is 13.2. The number of aromatic nitrogens is 3. The van der Waals surface area contributed by atoms with Crippen LogP contribution in [0.2, 0.25) is 0 Å². The lowest BCUT2D eigenvalue weighted by Gasteiger charge is -2.08. The van der Waals surface area contributed by atoms with Crippen LogP contribution in [0, 0.1) is 5.82 Å². The van der Waals surface area contributed by atoms with Crippen molar-refractivity contribution >= 4 is 11.4 Å². The molecule has 0 amide bonds. The van der Waals surface area contributed by atoms with Gasteiger partial charge in [-0.25, -0.2) is 14.4 Å². The highest BCUT2D eigenvalue weighted by atomic mass is 19.1. The average Bonchev–Trinajstić information content (AvgIpc) is 2.79. The van der Waals surface area contributed by atoms with Crippen molar-refractivity contribution in [2.24, 2.45) is 10.2 Å². The fourth-order valence-corrected chi connectivity index (χ4v) is 2.66. The van der Waals surface area contributed by atoms with Gasteiger partial charge >= 0.3 is 0 Å². The van der Waals surface area contributed by atoms with Gasteiger partial charge in [0.05, 0.1) is 19.0 Å². The van der Waals surface area contributed by atoms with Crippen molar-refractivity contribution in [1.82, 2.24) is 15.0 Å². The molecule has 0 saturated heterocycles. The zero-order valence-corrected chi connectivity index (χ0v) is 15.5. The van der Waals surface area contributed by atoms with Crippen molar-refractivity contribution in [1.29, 1.82) is 0 Å². The molecule has 7 heteroatoms. The fourth-order valence-electron chi connectivity index (χ4n) is 2.66. The van der Waals surface area contributed by atoms with Crippen molar-refractivity contribution in [2.45, 2.75) is 0 Å². The summed E-state index contributed by atoms with van der Waals surface area (Å²) in [6, 6.07) is 17.0. The summed E-state index contributed by atoms with van der Waals surface area (Å²) in [6.45, 7) is 0. The molecule has 0 unspecified atom stereocenters. The third-order valence-electron chi connectivity index (χ3n) is 4.15. The summed E-state index contributed by atoms with van der Waals surface area (Å²) >= 11 is 0. The Morgan fingerprint density at radius 1 is 0.862 bits per heavy atom. The standard InChI is InChI=1S/C22H16FN5O/c1-29-19-10-4-15(5-11-19)21-20(28-27-18-8-6-17(23)7-9-18)14-25-22(26-21)16-3-2-12-24-13-16/h2-14H,1H3. The van der Waals surface area contributed by atoms with Gasteiger partial charge in [0.1, 0.15) is 22.9 Å². The molecule has 0 bridgehead atoms. The number of benzene rings is 2.